The van der Waals surface area contributed by atoms with Gasteiger partial charge >= 0.3 is 0 Å². The predicted octanol–water partition coefficient (Wildman–Crippen LogP) is 5.69. The lowest BCUT2D eigenvalue weighted by atomic mass is 10.00. The number of anilines is 1. The Hall–Kier alpha value is -1.91. The number of benzene rings is 2. The van der Waals surface area contributed by atoms with E-state index >= 15 is 0 Å². The SMILES string of the molecule is CCN1C(=CC(C)=O)Sc2ccc(OC)c(-c3ccc(C)cc3Cl)c21. The number of halogens is 1. The van der Waals surface area contributed by atoms with Crippen LogP contribution in [-0.2, 0) is 4.79 Å². The molecule has 2 aromatic carbocycles. The highest BCUT2D eigenvalue weighted by molar-refractivity contribution is 8.03. The Morgan fingerprint density at radius 2 is 2.08 bits per heavy atom. The zero-order valence-corrected chi connectivity index (χ0v) is 16.3. The lowest BCUT2D eigenvalue weighted by Gasteiger charge is -2.23. The molecule has 0 fully saturated rings. The number of allylic oxidation sites excluding steroid dienone is 1. The molecule has 0 N–H and O–H groups in total. The maximum absolute atomic E-state index is 11.6. The molecule has 0 atom stereocenters. The summed E-state index contributed by atoms with van der Waals surface area (Å²) in [5.41, 5.74) is 4.06. The summed E-state index contributed by atoms with van der Waals surface area (Å²) in [6, 6.07) is 10.0. The van der Waals surface area contributed by atoms with E-state index in [0.29, 0.717) is 5.02 Å². The van der Waals surface area contributed by atoms with Gasteiger partial charge in [0.2, 0.25) is 0 Å². The summed E-state index contributed by atoms with van der Waals surface area (Å²) in [5, 5.41) is 1.62. The number of nitrogens with zero attached hydrogens (tertiary/aromatic N) is 1. The van der Waals surface area contributed by atoms with E-state index in [1.54, 1.807) is 31.9 Å². The Morgan fingerprint density at radius 3 is 2.68 bits per heavy atom. The molecule has 25 heavy (non-hydrogen) atoms. The van der Waals surface area contributed by atoms with Crippen LogP contribution in [0.25, 0.3) is 11.1 Å². The number of hydrogen-bond donors (Lipinski definition) is 0. The van der Waals surface area contributed by atoms with Crippen LogP contribution in [0.4, 0.5) is 5.69 Å². The fraction of sp³-hybridized carbons (Fsp3) is 0.250. The van der Waals surface area contributed by atoms with E-state index in [2.05, 4.69) is 11.8 Å². The molecule has 0 saturated heterocycles. The number of carbonyl (C=O) groups excluding carboxylic acids is 1. The number of rotatable bonds is 4. The van der Waals surface area contributed by atoms with Gasteiger partial charge in [-0.1, -0.05) is 35.5 Å². The summed E-state index contributed by atoms with van der Waals surface area (Å²) >= 11 is 8.16. The second kappa shape index (κ2) is 7.14. The third kappa shape index (κ3) is 3.29. The largest absolute Gasteiger partial charge is 0.496 e. The van der Waals surface area contributed by atoms with E-state index in [0.717, 1.165) is 44.6 Å². The maximum atomic E-state index is 11.6. The van der Waals surface area contributed by atoms with Crippen molar-refractivity contribution in [2.24, 2.45) is 0 Å². The van der Waals surface area contributed by atoms with E-state index in [1.165, 1.54) is 0 Å². The van der Waals surface area contributed by atoms with Crippen molar-refractivity contribution in [3.05, 3.63) is 52.0 Å². The Balaban J connectivity index is 2.28. The summed E-state index contributed by atoms with van der Waals surface area (Å²) in [6.07, 6.45) is 1.68. The van der Waals surface area contributed by atoms with Crippen LogP contribution in [0.5, 0.6) is 5.75 Å². The quantitative estimate of drug-likeness (QED) is 0.644. The molecule has 0 unspecified atom stereocenters. The normalized spacial score (nSPS) is 14.8. The molecule has 3 rings (SSSR count). The molecule has 2 aromatic rings. The molecule has 0 saturated carbocycles. The first-order valence-electron chi connectivity index (χ1n) is 8.11. The molecule has 0 radical (unpaired) electrons. The highest BCUT2D eigenvalue weighted by atomic mass is 35.5. The first-order chi connectivity index (χ1) is 12.0. The van der Waals surface area contributed by atoms with Gasteiger partial charge in [-0.25, -0.2) is 0 Å². The number of ketones is 1. The molecule has 0 aliphatic carbocycles. The van der Waals surface area contributed by atoms with Crippen LogP contribution in [0.1, 0.15) is 19.4 Å². The molecule has 130 valence electrons. The molecule has 0 amide bonds. The van der Waals surface area contributed by atoms with Crippen LogP contribution in [-0.4, -0.2) is 19.4 Å². The first kappa shape index (κ1) is 17.9. The van der Waals surface area contributed by atoms with E-state index in [4.69, 9.17) is 16.3 Å². The van der Waals surface area contributed by atoms with Gasteiger partial charge in [0.1, 0.15) is 5.75 Å². The number of hydrogen-bond acceptors (Lipinski definition) is 4. The predicted molar refractivity (Wildman–Crippen MR) is 106 cm³/mol. The second-order valence-electron chi connectivity index (χ2n) is 5.91. The number of fused-ring (bicyclic) bond motifs is 1. The lowest BCUT2D eigenvalue weighted by Crippen LogP contribution is -2.18. The van der Waals surface area contributed by atoms with E-state index < -0.39 is 0 Å². The number of thioether (sulfide) groups is 1. The fourth-order valence-electron chi connectivity index (χ4n) is 3.03. The number of methoxy groups -OCH3 is 1. The zero-order valence-electron chi connectivity index (χ0n) is 14.7. The molecular formula is C20H20ClNO2S. The summed E-state index contributed by atoms with van der Waals surface area (Å²) in [5.74, 6) is 0.809. The van der Waals surface area contributed by atoms with Crippen molar-refractivity contribution in [1.82, 2.24) is 0 Å². The van der Waals surface area contributed by atoms with Gasteiger partial charge in [0, 0.05) is 28.1 Å². The van der Waals surface area contributed by atoms with E-state index in [-0.39, 0.29) is 5.78 Å². The van der Waals surface area contributed by atoms with E-state index in [1.807, 2.05) is 37.3 Å². The summed E-state index contributed by atoms with van der Waals surface area (Å²) in [7, 11) is 1.66. The molecule has 1 aliphatic rings. The number of ether oxygens (including phenoxy) is 1. The van der Waals surface area contributed by atoms with Crippen molar-refractivity contribution in [2.75, 3.05) is 18.6 Å². The minimum absolute atomic E-state index is 0.0376. The number of carbonyl (C=O) groups is 1. The minimum Gasteiger partial charge on any atom is -0.496 e. The molecular weight excluding hydrogens is 354 g/mol. The van der Waals surface area contributed by atoms with Crippen molar-refractivity contribution in [2.45, 2.75) is 25.7 Å². The van der Waals surface area contributed by atoms with Gasteiger partial charge in [0.05, 0.1) is 23.4 Å². The van der Waals surface area contributed by atoms with Crippen molar-refractivity contribution in [3.63, 3.8) is 0 Å². The third-order valence-corrected chi connectivity index (χ3v) is 5.52. The second-order valence-corrected chi connectivity index (χ2v) is 7.38. The summed E-state index contributed by atoms with van der Waals surface area (Å²) in [6.45, 7) is 6.42. The molecule has 1 aliphatic heterocycles. The van der Waals surface area contributed by atoms with Crippen molar-refractivity contribution in [1.29, 1.82) is 0 Å². The van der Waals surface area contributed by atoms with Crippen LogP contribution >= 0.6 is 23.4 Å². The van der Waals surface area contributed by atoms with Crippen LogP contribution in [0.2, 0.25) is 5.02 Å². The fourth-order valence-corrected chi connectivity index (χ4v) is 4.59. The average Bonchev–Trinajstić information content (AvgIpc) is 2.90. The summed E-state index contributed by atoms with van der Waals surface area (Å²) < 4.78 is 5.64. The zero-order chi connectivity index (χ0) is 18.1. The summed E-state index contributed by atoms with van der Waals surface area (Å²) in [4.78, 5) is 14.9. The smallest absolute Gasteiger partial charge is 0.155 e. The Kier molecular flexibility index (Phi) is 5.11. The standard InChI is InChI=1S/C20H20ClNO2S/c1-5-22-18(11-13(3)23)25-17-9-8-16(24-4)19(20(17)22)14-7-6-12(2)10-15(14)21/h6-11H,5H2,1-4H3. The third-order valence-electron chi connectivity index (χ3n) is 4.11. The van der Waals surface area contributed by atoms with Crippen molar-refractivity contribution >= 4 is 34.8 Å². The lowest BCUT2D eigenvalue weighted by molar-refractivity contribution is -0.112. The van der Waals surface area contributed by atoms with Crippen LogP contribution in [0.15, 0.2) is 46.3 Å². The average molecular weight is 374 g/mol. The monoisotopic (exact) mass is 373 g/mol. The minimum atomic E-state index is 0.0376. The van der Waals surface area contributed by atoms with Gasteiger partial charge in [0.25, 0.3) is 0 Å². The first-order valence-corrected chi connectivity index (χ1v) is 9.30. The highest BCUT2D eigenvalue weighted by Gasteiger charge is 2.30. The molecule has 5 heteroatoms. The molecule has 0 bridgehead atoms. The maximum Gasteiger partial charge on any atom is 0.155 e. The van der Waals surface area contributed by atoms with Gasteiger partial charge in [-0.15, -0.1) is 0 Å². The Morgan fingerprint density at radius 1 is 1.32 bits per heavy atom. The van der Waals surface area contributed by atoms with Crippen molar-refractivity contribution in [3.8, 4) is 16.9 Å². The Labute approximate surface area is 157 Å². The van der Waals surface area contributed by atoms with Crippen LogP contribution in [0, 0.1) is 6.92 Å². The Bertz CT molecular complexity index is 876. The van der Waals surface area contributed by atoms with Gasteiger partial charge in [-0.3, -0.25) is 4.79 Å². The molecule has 3 nitrogen and oxygen atoms in total. The van der Waals surface area contributed by atoms with Gasteiger partial charge in [-0.2, -0.15) is 0 Å². The number of aryl methyl sites for hydroxylation is 1. The molecule has 1 heterocycles. The molecule has 0 spiro atoms. The topological polar surface area (TPSA) is 29.5 Å². The molecule has 0 aromatic heterocycles. The van der Waals surface area contributed by atoms with E-state index in [9.17, 15) is 4.79 Å². The van der Waals surface area contributed by atoms with Gasteiger partial charge in [0.15, 0.2) is 5.78 Å². The van der Waals surface area contributed by atoms with Gasteiger partial charge in [-0.05, 0) is 44.5 Å². The van der Waals surface area contributed by atoms with Crippen LogP contribution in [0.3, 0.4) is 0 Å². The van der Waals surface area contributed by atoms with Crippen LogP contribution < -0.4 is 9.64 Å². The highest BCUT2D eigenvalue weighted by Crippen LogP contribution is 2.54. The van der Waals surface area contributed by atoms with Gasteiger partial charge < -0.3 is 9.64 Å². The van der Waals surface area contributed by atoms with Crippen molar-refractivity contribution < 1.29 is 9.53 Å².